The summed E-state index contributed by atoms with van der Waals surface area (Å²) >= 11 is 7.46. The maximum Gasteiger partial charge on any atom is 0.282 e. The molecule has 0 radical (unpaired) electrons. The molecule has 35 heavy (non-hydrogen) atoms. The monoisotopic (exact) mass is 507 g/mol. The lowest BCUT2D eigenvalue weighted by atomic mass is 9.98. The van der Waals surface area contributed by atoms with Crippen LogP contribution < -0.4 is 10.5 Å². The summed E-state index contributed by atoms with van der Waals surface area (Å²) in [6.07, 6.45) is 0.973. The molecule has 0 saturated carbocycles. The maximum atomic E-state index is 13.0. The third kappa shape index (κ3) is 5.12. The van der Waals surface area contributed by atoms with Crippen molar-refractivity contribution in [2.75, 3.05) is 31.2 Å². The molecule has 1 aromatic heterocycles. The Labute approximate surface area is 213 Å². The number of nitrogens with zero attached hydrogens (tertiary/aromatic N) is 2. The van der Waals surface area contributed by atoms with Gasteiger partial charge in [-0.2, -0.15) is 0 Å². The molecule has 0 spiro atoms. The number of H-pyrrole nitrogens is 1. The van der Waals surface area contributed by atoms with Crippen LogP contribution >= 0.6 is 23.4 Å². The average molecular weight is 508 g/mol. The Morgan fingerprint density at radius 2 is 1.71 bits per heavy atom. The number of ether oxygens (including phenoxy) is 1. The molecule has 4 aromatic rings. The van der Waals surface area contributed by atoms with Gasteiger partial charge in [0.05, 0.1) is 11.6 Å². The van der Waals surface area contributed by atoms with Gasteiger partial charge < -0.3 is 14.7 Å². The third-order valence-corrected chi connectivity index (χ3v) is 7.64. The predicted octanol–water partition coefficient (Wildman–Crippen LogP) is 5.55. The molecular weight excluding hydrogens is 482 g/mol. The van der Waals surface area contributed by atoms with E-state index in [1.807, 2.05) is 60.7 Å². The van der Waals surface area contributed by atoms with Gasteiger partial charge in [-0.25, -0.2) is 4.68 Å². The van der Waals surface area contributed by atoms with E-state index in [0.717, 1.165) is 54.7 Å². The van der Waals surface area contributed by atoms with Crippen LogP contribution in [0.4, 0.5) is 5.69 Å². The maximum absolute atomic E-state index is 13.0. The number of aromatic amines is 1. The van der Waals surface area contributed by atoms with Crippen LogP contribution in [0.15, 0.2) is 93.4 Å². The molecule has 2 N–H and O–H groups in total. The van der Waals surface area contributed by atoms with E-state index in [0.29, 0.717) is 16.5 Å². The zero-order valence-electron chi connectivity index (χ0n) is 19.1. The van der Waals surface area contributed by atoms with E-state index in [2.05, 4.69) is 22.1 Å². The lowest BCUT2D eigenvalue weighted by molar-refractivity contribution is 0.152. The number of benzene rings is 3. The molecule has 2 heterocycles. The highest BCUT2D eigenvalue weighted by Crippen LogP contribution is 2.39. The normalized spacial score (nSPS) is 15.1. The molecule has 1 atom stereocenters. The zero-order chi connectivity index (χ0) is 24.2. The van der Waals surface area contributed by atoms with Crippen molar-refractivity contribution >= 4 is 29.1 Å². The largest absolute Gasteiger partial charge is 0.493 e. The highest BCUT2D eigenvalue weighted by atomic mass is 35.5. The molecule has 180 valence electrons. The lowest BCUT2D eigenvalue weighted by Crippen LogP contribution is -2.26. The van der Waals surface area contributed by atoms with Crippen LogP contribution in [0.2, 0.25) is 5.02 Å². The summed E-state index contributed by atoms with van der Waals surface area (Å²) in [4.78, 5) is 16.2. The van der Waals surface area contributed by atoms with Crippen LogP contribution in [0.25, 0.3) is 0 Å². The van der Waals surface area contributed by atoms with Crippen LogP contribution in [0.1, 0.15) is 23.6 Å². The smallest absolute Gasteiger partial charge is 0.282 e. The van der Waals surface area contributed by atoms with Crippen molar-refractivity contribution in [1.82, 2.24) is 9.78 Å². The van der Waals surface area contributed by atoms with Crippen molar-refractivity contribution < 1.29 is 9.84 Å². The van der Waals surface area contributed by atoms with Gasteiger partial charge in [-0.05, 0) is 41.8 Å². The van der Waals surface area contributed by atoms with E-state index in [-0.39, 0.29) is 16.3 Å². The van der Waals surface area contributed by atoms with Crippen molar-refractivity contribution in [3.8, 4) is 5.88 Å². The molecule has 6 nitrogen and oxygen atoms in total. The van der Waals surface area contributed by atoms with Crippen LogP contribution in [-0.4, -0.2) is 41.2 Å². The molecule has 0 amide bonds. The Morgan fingerprint density at radius 3 is 2.54 bits per heavy atom. The first kappa shape index (κ1) is 23.6. The highest BCUT2D eigenvalue weighted by Gasteiger charge is 2.25. The standard InChI is InChI=1S/C27H26ClN3O3S/c28-22-12-4-5-13-23(22)35-25-26(32)29-31(27(25)33)24(19-8-2-1-3-9-19)20-10-6-11-21(18-20)30-14-7-16-34-17-15-30/h1-6,8-13,18,24,33H,7,14-17H2,(H,29,32). The summed E-state index contributed by atoms with van der Waals surface area (Å²) < 4.78 is 7.16. The number of aromatic hydroxyl groups is 1. The second-order valence-corrected chi connectivity index (χ2v) is 9.82. The van der Waals surface area contributed by atoms with Gasteiger partial charge in [-0.3, -0.25) is 9.89 Å². The van der Waals surface area contributed by atoms with Crippen LogP contribution in [0, 0.1) is 0 Å². The highest BCUT2D eigenvalue weighted by molar-refractivity contribution is 7.99. The SMILES string of the molecule is O=c1[nH]n(C(c2ccccc2)c2cccc(N3CCCOCC3)c2)c(O)c1Sc1ccccc1Cl. The summed E-state index contributed by atoms with van der Waals surface area (Å²) in [6.45, 7) is 3.21. The van der Waals surface area contributed by atoms with E-state index in [9.17, 15) is 9.90 Å². The third-order valence-electron chi connectivity index (χ3n) is 6.06. The van der Waals surface area contributed by atoms with Crippen LogP contribution in [0.5, 0.6) is 5.88 Å². The first-order valence-electron chi connectivity index (χ1n) is 11.6. The predicted molar refractivity (Wildman–Crippen MR) is 140 cm³/mol. The summed E-state index contributed by atoms with van der Waals surface area (Å²) in [5.74, 6) is -0.123. The molecule has 1 aliphatic rings. The number of rotatable bonds is 6. The molecule has 1 aliphatic heterocycles. The van der Waals surface area contributed by atoms with Crippen molar-refractivity contribution in [3.05, 3.63) is 105 Å². The summed E-state index contributed by atoms with van der Waals surface area (Å²) in [6, 6.07) is 25.0. The number of halogens is 1. The van der Waals surface area contributed by atoms with Gasteiger partial charge in [-0.1, -0.05) is 78.0 Å². The van der Waals surface area contributed by atoms with Gasteiger partial charge >= 0.3 is 0 Å². The molecule has 3 aromatic carbocycles. The van der Waals surface area contributed by atoms with E-state index in [4.69, 9.17) is 16.3 Å². The van der Waals surface area contributed by atoms with Crippen molar-refractivity contribution in [2.24, 2.45) is 0 Å². The van der Waals surface area contributed by atoms with Crippen LogP contribution in [-0.2, 0) is 4.74 Å². The van der Waals surface area contributed by atoms with E-state index < -0.39 is 6.04 Å². The Balaban J connectivity index is 1.57. The molecule has 1 fully saturated rings. The van der Waals surface area contributed by atoms with Gasteiger partial charge in [-0.15, -0.1) is 0 Å². The topological polar surface area (TPSA) is 70.5 Å². The minimum absolute atomic E-state index is 0.123. The Hall–Kier alpha value is -3.13. The molecule has 1 unspecified atom stereocenters. The van der Waals surface area contributed by atoms with Crippen molar-refractivity contribution in [2.45, 2.75) is 22.3 Å². The molecule has 5 rings (SSSR count). The Morgan fingerprint density at radius 1 is 0.943 bits per heavy atom. The summed E-state index contributed by atoms with van der Waals surface area (Å²) in [5.41, 5.74) is 2.62. The number of anilines is 1. The van der Waals surface area contributed by atoms with Crippen molar-refractivity contribution in [3.63, 3.8) is 0 Å². The number of nitrogens with one attached hydrogen (secondary N) is 1. The fourth-order valence-electron chi connectivity index (χ4n) is 4.36. The number of hydrogen-bond donors (Lipinski definition) is 2. The molecular formula is C27H26ClN3O3S. The fourth-order valence-corrected chi connectivity index (χ4v) is 5.47. The first-order valence-corrected chi connectivity index (χ1v) is 12.7. The fraction of sp³-hybridized carbons (Fsp3) is 0.222. The average Bonchev–Trinajstić information content (AvgIpc) is 3.06. The van der Waals surface area contributed by atoms with Gasteiger partial charge in [0.25, 0.3) is 5.56 Å². The number of aromatic nitrogens is 2. The Bertz CT molecular complexity index is 1350. The van der Waals surface area contributed by atoms with Gasteiger partial charge in [0.1, 0.15) is 10.9 Å². The van der Waals surface area contributed by atoms with Crippen LogP contribution in [0.3, 0.4) is 0 Å². The number of hydrogen-bond acceptors (Lipinski definition) is 5. The van der Waals surface area contributed by atoms with Gasteiger partial charge in [0, 0.05) is 30.3 Å². The Kier molecular flexibility index (Phi) is 7.18. The second-order valence-electron chi connectivity index (χ2n) is 8.36. The van der Waals surface area contributed by atoms with Gasteiger partial charge in [0.2, 0.25) is 5.88 Å². The molecule has 8 heteroatoms. The minimum atomic E-state index is -0.423. The molecule has 0 bridgehead atoms. The molecule has 1 saturated heterocycles. The summed E-state index contributed by atoms with van der Waals surface area (Å²) in [5, 5.41) is 14.6. The molecule has 0 aliphatic carbocycles. The van der Waals surface area contributed by atoms with E-state index in [1.54, 1.807) is 10.7 Å². The zero-order valence-corrected chi connectivity index (χ0v) is 20.6. The second kappa shape index (κ2) is 10.6. The summed E-state index contributed by atoms with van der Waals surface area (Å²) in [7, 11) is 0. The van der Waals surface area contributed by atoms with Crippen molar-refractivity contribution in [1.29, 1.82) is 0 Å². The van der Waals surface area contributed by atoms with E-state index in [1.165, 1.54) is 0 Å². The van der Waals surface area contributed by atoms with E-state index >= 15 is 0 Å². The quantitative estimate of drug-likeness (QED) is 0.358. The van der Waals surface area contributed by atoms with Gasteiger partial charge in [0.15, 0.2) is 0 Å². The lowest BCUT2D eigenvalue weighted by Gasteiger charge is -2.25. The first-order chi connectivity index (χ1) is 17.1. The minimum Gasteiger partial charge on any atom is -0.493 e.